The Morgan fingerprint density at radius 1 is 1.38 bits per heavy atom. The molecule has 0 amide bonds. The van der Waals surface area contributed by atoms with Crippen LogP contribution in [0, 0.1) is 11.6 Å². The Morgan fingerprint density at radius 2 is 2.00 bits per heavy atom. The number of benzene rings is 1. The van der Waals surface area contributed by atoms with Crippen molar-refractivity contribution in [1.29, 1.82) is 0 Å². The molecule has 0 radical (unpaired) electrons. The number of hydrogen-bond donors (Lipinski definition) is 3. The third-order valence-electron chi connectivity index (χ3n) is 1.67. The van der Waals surface area contributed by atoms with E-state index in [-0.39, 0.29) is 11.3 Å². The van der Waals surface area contributed by atoms with Crippen LogP contribution in [0.2, 0.25) is 0 Å². The predicted octanol–water partition coefficient (Wildman–Crippen LogP) is 0.539. The van der Waals surface area contributed by atoms with Crippen molar-refractivity contribution < 1.29 is 13.9 Å². The molecule has 0 saturated carbocycles. The molecule has 0 saturated heterocycles. The van der Waals surface area contributed by atoms with Crippen LogP contribution in [-0.4, -0.2) is 11.7 Å². The van der Waals surface area contributed by atoms with Gasteiger partial charge in [0.1, 0.15) is 0 Å². The fourth-order valence-electron chi connectivity index (χ4n) is 1.00. The molecule has 13 heavy (non-hydrogen) atoms. The molecule has 5 heteroatoms. The summed E-state index contributed by atoms with van der Waals surface area (Å²) in [6.07, 6.45) is 0. The molecular weight excluding hydrogens is 178 g/mol. The topological polar surface area (TPSA) is 72.3 Å². The fourth-order valence-corrected chi connectivity index (χ4v) is 1.00. The number of anilines is 1. The smallest absolute Gasteiger partial charge is 0.163 e. The van der Waals surface area contributed by atoms with E-state index in [0.29, 0.717) is 0 Å². The first-order chi connectivity index (χ1) is 6.06. The molecule has 1 rings (SSSR count). The largest absolute Gasteiger partial charge is 0.399 e. The second kappa shape index (κ2) is 3.68. The van der Waals surface area contributed by atoms with Crippen LogP contribution >= 0.6 is 0 Å². The Balaban J connectivity index is 3.20. The highest BCUT2D eigenvalue weighted by Crippen LogP contribution is 2.20. The van der Waals surface area contributed by atoms with Gasteiger partial charge in [-0.3, -0.25) is 0 Å². The lowest BCUT2D eigenvalue weighted by molar-refractivity contribution is 0.264. The van der Waals surface area contributed by atoms with Gasteiger partial charge in [-0.1, -0.05) is 0 Å². The van der Waals surface area contributed by atoms with E-state index >= 15 is 0 Å². The molecule has 0 aliphatic heterocycles. The van der Waals surface area contributed by atoms with Gasteiger partial charge in [-0.2, -0.15) is 0 Å². The van der Waals surface area contributed by atoms with Crippen LogP contribution in [0.3, 0.4) is 0 Å². The van der Waals surface area contributed by atoms with Gasteiger partial charge >= 0.3 is 0 Å². The molecule has 72 valence electrons. The normalized spacial score (nSPS) is 12.9. The molecule has 0 aromatic heterocycles. The molecule has 1 aromatic rings. The molecule has 0 aliphatic rings. The summed E-state index contributed by atoms with van der Waals surface area (Å²) < 4.78 is 25.7. The first kappa shape index (κ1) is 9.88. The van der Waals surface area contributed by atoms with Gasteiger partial charge < -0.3 is 16.6 Å². The number of aliphatic hydroxyl groups excluding tert-OH is 1. The number of aliphatic hydroxyl groups is 1. The zero-order valence-corrected chi connectivity index (χ0v) is 6.80. The summed E-state index contributed by atoms with van der Waals surface area (Å²) in [4.78, 5) is 0. The zero-order valence-electron chi connectivity index (χ0n) is 6.80. The van der Waals surface area contributed by atoms with Crippen molar-refractivity contribution in [2.75, 3.05) is 12.3 Å². The van der Waals surface area contributed by atoms with Gasteiger partial charge in [0.25, 0.3) is 0 Å². The number of hydrogen-bond acceptors (Lipinski definition) is 3. The van der Waals surface area contributed by atoms with Gasteiger partial charge in [-0.15, -0.1) is 0 Å². The maximum atomic E-state index is 13.0. The van der Waals surface area contributed by atoms with Crippen LogP contribution in [0.15, 0.2) is 12.1 Å². The molecule has 1 atom stereocenters. The van der Waals surface area contributed by atoms with Crippen LogP contribution in [-0.2, 0) is 0 Å². The Kier molecular flexibility index (Phi) is 2.79. The Labute approximate surface area is 74.0 Å². The van der Waals surface area contributed by atoms with Gasteiger partial charge in [-0.25, -0.2) is 8.78 Å². The second-order valence-electron chi connectivity index (χ2n) is 2.70. The van der Waals surface area contributed by atoms with Crippen molar-refractivity contribution in [3.8, 4) is 0 Å². The van der Waals surface area contributed by atoms with Crippen LogP contribution in [0.4, 0.5) is 14.5 Å². The van der Waals surface area contributed by atoms with Crippen molar-refractivity contribution in [1.82, 2.24) is 0 Å². The van der Waals surface area contributed by atoms with E-state index in [4.69, 9.17) is 16.6 Å². The van der Waals surface area contributed by atoms with Crippen molar-refractivity contribution in [3.63, 3.8) is 0 Å². The maximum Gasteiger partial charge on any atom is 0.163 e. The number of rotatable bonds is 2. The minimum Gasteiger partial charge on any atom is -0.399 e. The molecule has 0 unspecified atom stereocenters. The lowest BCUT2D eigenvalue weighted by Crippen LogP contribution is -2.17. The summed E-state index contributed by atoms with van der Waals surface area (Å²) in [6.45, 7) is -0.459. The molecular formula is C8H10F2N2O. The highest BCUT2D eigenvalue weighted by molar-refractivity contribution is 5.43. The van der Waals surface area contributed by atoms with Crippen molar-refractivity contribution in [2.24, 2.45) is 5.73 Å². The summed E-state index contributed by atoms with van der Waals surface area (Å²) in [5, 5.41) is 8.64. The van der Waals surface area contributed by atoms with Crippen LogP contribution in [0.5, 0.6) is 0 Å². The fraction of sp³-hybridized carbons (Fsp3) is 0.250. The van der Waals surface area contributed by atoms with Crippen LogP contribution in [0.1, 0.15) is 11.6 Å². The Bertz CT molecular complexity index is 317. The minimum absolute atomic E-state index is 0.0813. The van der Waals surface area contributed by atoms with E-state index in [1.54, 1.807) is 0 Å². The molecule has 0 fully saturated rings. The van der Waals surface area contributed by atoms with Gasteiger partial charge in [0.2, 0.25) is 0 Å². The van der Waals surface area contributed by atoms with Gasteiger partial charge in [0.15, 0.2) is 11.6 Å². The lowest BCUT2D eigenvalue weighted by Gasteiger charge is -2.10. The molecule has 3 nitrogen and oxygen atoms in total. The number of nitrogens with two attached hydrogens (primary N) is 2. The van der Waals surface area contributed by atoms with E-state index in [1.807, 2.05) is 0 Å². The average molecular weight is 188 g/mol. The Hall–Kier alpha value is -1.20. The predicted molar refractivity (Wildman–Crippen MR) is 44.8 cm³/mol. The number of halogens is 2. The van der Waals surface area contributed by atoms with Crippen LogP contribution in [0.25, 0.3) is 0 Å². The molecule has 1 aromatic carbocycles. The molecule has 0 spiro atoms. The summed E-state index contributed by atoms with van der Waals surface area (Å²) >= 11 is 0. The number of nitrogen functional groups attached to an aromatic ring is 1. The van der Waals surface area contributed by atoms with E-state index in [0.717, 1.165) is 6.07 Å². The van der Waals surface area contributed by atoms with Crippen molar-refractivity contribution >= 4 is 5.69 Å². The molecule has 5 N–H and O–H groups in total. The van der Waals surface area contributed by atoms with Crippen molar-refractivity contribution in [3.05, 3.63) is 29.3 Å². The third kappa shape index (κ3) is 1.93. The second-order valence-corrected chi connectivity index (χ2v) is 2.70. The lowest BCUT2D eigenvalue weighted by atomic mass is 10.1. The van der Waals surface area contributed by atoms with E-state index in [2.05, 4.69) is 0 Å². The Morgan fingerprint density at radius 3 is 2.54 bits per heavy atom. The maximum absolute atomic E-state index is 13.0. The summed E-state index contributed by atoms with van der Waals surface area (Å²) in [5.74, 6) is -2.12. The quantitative estimate of drug-likeness (QED) is 0.593. The van der Waals surface area contributed by atoms with Crippen LogP contribution < -0.4 is 11.5 Å². The highest BCUT2D eigenvalue weighted by Gasteiger charge is 2.15. The first-order valence-electron chi connectivity index (χ1n) is 3.67. The summed E-state index contributed by atoms with van der Waals surface area (Å²) in [5.41, 5.74) is 10.6. The average Bonchev–Trinajstić information content (AvgIpc) is 2.10. The summed E-state index contributed by atoms with van der Waals surface area (Å²) in [7, 11) is 0. The SMILES string of the molecule is Nc1cc(F)c(F)c([C@H](N)CO)c1. The van der Waals surface area contributed by atoms with Crippen molar-refractivity contribution in [2.45, 2.75) is 6.04 Å². The molecule has 0 bridgehead atoms. The zero-order chi connectivity index (χ0) is 10.0. The van der Waals surface area contributed by atoms with E-state index < -0.39 is 24.3 Å². The third-order valence-corrected chi connectivity index (χ3v) is 1.67. The van der Waals surface area contributed by atoms with Gasteiger partial charge in [0.05, 0.1) is 12.6 Å². The minimum atomic E-state index is -1.06. The molecule has 0 heterocycles. The monoisotopic (exact) mass is 188 g/mol. The highest BCUT2D eigenvalue weighted by atomic mass is 19.2. The van der Waals surface area contributed by atoms with E-state index in [9.17, 15) is 8.78 Å². The first-order valence-corrected chi connectivity index (χ1v) is 3.67. The standard InChI is InChI=1S/C8H10F2N2O/c9-6-2-4(11)1-5(8(6)10)7(12)3-13/h1-2,7,13H,3,11-12H2/t7-/m1/s1. The molecule has 0 aliphatic carbocycles. The summed E-state index contributed by atoms with van der Waals surface area (Å²) in [6, 6.07) is 1.13. The van der Waals surface area contributed by atoms with E-state index in [1.165, 1.54) is 6.07 Å². The van der Waals surface area contributed by atoms with Gasteiger partial charge in [0, 0.05) is 11.3 Å². The van der Waals surface area contributed by atoms with Gasteiger partial charge in [-0.05, 0) is 12.1 Å².